The second-order valence-electron chi connectivity index (χ2n) is 7.30. The molecule has 0 radical (unpaired) electrons. The lowest BCUT2D eigenvalue weighted by Crippen LogP contribution is -2.22. The van der Waals surface area contributed by atoms with Crippen LogP contribution in [-0.4, -0.2) is 36.2 Å². The van der Waals surface area contributed by atoms with Crippen molar-refractivity contribution in [1.82, 2.24) is 4.90 Å². The molecule has 0 saturated carbocycles. The molecule has 0 aromatic heterocycles. The van der Waals surface area contributed by atoms with Crippen molar-refractivity contribution < 1.29 is 4.79 Å². The van der Waals surface area contributed by atoms with Crippen LogP contribution in [0.15, 0.2) is 90.0 Å². The van der Waals surface area contributed by atoms with Gasteiger partial charge >= 0.3 is 0 Å². The summed E-state index contributed by atoms with van der Waals surface area (Å²) in [6.07, 6.45) is 5.77. The van der Waals surface area contributed by atoms with Crippen LogP contribution in [0.3, 0.4) is 0 Å². The Kier molecular flexibility index (Phi) is 7.10. The lowest BCUT2D eigenvalue weighted by molar-refractivity contribution is -0.118. The van der Waals surface area contributed by atoms with Gasteiger partial charge in [0, 0.05) is 25.3 Å². The van der Waals surface area contributed by atoms with Gasteiger partial charge in [-0.3, -0.25) is 9.69 Å². The summed E-state index contributed by atoms with van der Waals surface area (Å²) < 4.78 is 0. The van der Waals surface area contributed by atoms with Crippen molar-refractivity contribution in [1.29, 1.82) is 0 Å². The summed E-state index contributed by atoms with van der Waals surface area (Å²) in [5.41, 5.74) is 4.29. The number of benzene rings is 2. The van der Waals surface area contributed by atoms with E-state index in [-0.39, 0.29) is 11.8 Å². The van der Waals surface area contributed by atoms with E-state index in [0.717, 1.165) is 49.3 Å². The van der Waals surface area contributed by atoms with E-state index in [0.29, 0.717) is 0 Å². The normalized spacial score (nSPS) is 16.6. The van der Waals surface area contributed by atoms with E-state index < -0.39 is 0 Å². The smallest absolute Gasteiger partial charge is 0.257 e. The van der Waals surface area contributed by atoms with Crippen LogP contribution in [0.4, 0.5) is 0 Å². The molecule has 1 fully saturated rings. The van der Waals surface area contributed by atoms with Gasteiger partial charge in [0.15, 0.2) is 0 Å². The first kappa shape index (κ1) is 20.0. The van der Waals surface area contributed by atoms with Crippen molar-refractivity contribution in [2.24, 2.45) is 4.99 Å². The summed E-state index contributed by atoms with van der Waals surface area (Å²) in [4.78, 5) is 20.0. The van der Waals surface area contributed by atoms with E-state index >= 15 is 0 Å². The third kappa shape index (κ3) is 5.37. The van der Waals surface area contributed by atoms with Gasteiger partial charge in [-0.15, -0.1) is 0 Å². The molecule has 0 unspecified atom stereocenters. The highest BCUT2D eigenvalue weighted by molar-refractivity contribution is 6.01. The monoisotopic (exact) mass is 372 g/mol. The highest BCUT2D eigenvalue weighted by Crippen LogP contribution is 2.26. The molecule has 0 spiro atoms. The number of carbonyl (C=O) groups is 1. The molecule has 144 valence electrons. The summed E-state index contributed by atoms with van der Waals surface area (Å²) >= 11 is 0. The highest BCUT2D eigenvalue weighted by atomic mass is 16.1. The highest BCUT2D eigenvalue weighted by Gasteiger charge is 2.25. The third-order valence-electron chi connectivity index (χ3n) is 5.13. The molecule has 28 heavy (non-hydrogen) atoms. The first-order valence-corrected chi connectivity index (χ1v) is 9.88. The summed E-state index contributed by atoms with van der Waals surface area (Å²) in [6, 6.07) is 19.9. The molecule has 1 aliphatic rings. The number of hydrogen-bond acceptors (Lipinski definition) is 2. The lowest BCUT2D eigenvalue weighted by Gasteiger charge is -2.15. The minimum atomic E-state index is -0.346. The first-order chi connectivity index (χ1) is 13.7. The molecule has 3 heteroatoms. The van der Waals surface area contributed by atoms with E-state index in [9.17, 15) is 4.79 Å². The van der Waals surface area contributed by atoms with Crippen LogP contribution >= 0.6 is 0 Å². The molecule has 1 amide bonds. The Morgan fingerprint density at radius 1 is 1.11 bits per heavy atom. The number of likely N-dealkylation sites (tertiary alicyclic amines) is 1. The molecule has 0 aliphatic carbocycles. The van der Waals surface area contributed by atoms with Crippen LogP contribution in [0.1, 0.15) is 36.8 Å². The number of allylic oxidation sites excluding steroid dienone is 2. The van der Waals surface area contributed by atoms with Crippen molar-refractivity contribution in [3.05, 3.63) is 96.1 Å². The molecule has 0 N–H and O–H groups in total. The Hall–Kier alpha value is -2.78. The summed E-state index contributed by atoms with van der Waals surface area (Å²) in [5, 5.41) is 0. The summed E-state index contributed by atoms with van der Waals surface area (Å²) in [7, 11) is 0. The van der Waals surface area contributed by atoms with Gasteiger partial charge in [0.05, 0.1) is 5.92 Å². The van der Waals surface area contributed by atoms with Gasteiger partial charge in [-0.2, -0.15) is 0 Å². The van der Waals surface area contributed by atoms with Gasteiger partial charge in [0.1, 0.15) is 0 Å². The fourth-order valence-corrected chi connectivity index (χ4v) is 3.59. The number of amides is 1. The van der Waals surface area contributed by atoms with E-state index in [1.54, 1.807) is 0 Å². The topological polar surface area (TPSA) is 32.7 Å². The maximum absolute atomic E-state index is 13.1. The Labute approximate surface area is 168 Å². The van der Waals surface area contributed by atoms with Crippen LogP contribution < -0.4 is 0 Å². The molecule has 3 rings (SSSR count). The summed E-state index contributed by atoms with van der Waals surface area (Å²) in [5.74, 6) is -0.418. The number of carbonyl (C=O) groups excluding carboxylic acids is 1. The Morgan fingerprint density at radius 3 is 2.29 bits per heavy atom. The molecule has 1 saturated heterocycles. The van der Waals surface area contributed by atoms with Gasteiger partial charge in [0.25, 0.3) is 5.91 Å². The Balaban J connectivity index is 1.72. The molecule has 2 aromatic rings. The van der Waals surface area contributed by atoms with E-state index in [4.69, 9.17) is 0 Å². The molecular formula is C25H28N2O. The van der Waals surface area contributed by atoms with Crippen LogP contribution in [0.2, 0.25) is 0 Å². The zero-order chi connectivity index (χ0) is 19.8. The SMILES string of the molecule is C=C/C=C(\C)CCN1CCC(=NC(=O)C(c2ccccc2)c2ccccc2)C1. The van der Waals surface area contributed by atoms with Crippen LogP contribution in [-0.2, 0) is 4.79 Å². The quantitative estimate of drug-likeness (QED) is 0.640. The van der Waals surface area contributed by atoms with Crippen molar-refractivity contribution in [2.45, 2.75) is 25.7 Å². The predicted molar refractivity (Wildman–Crippen MR) is 117 cm³/mol. The minimum Gasteiger partial charge on any atom is -0.297 e. The Bertz CT molecular complexity index is 813. The second kappa shape index (κ2) is 9.95. The van der Waals surface area contributed by atoms with E-state index in [2.05, 4.69) is 29.5 Å². The van der Waals surface area contributed by atoms with Crippen molar-refractivity contribution >= 4 is 11.6 Å². The maximum Gasteiger partial charge on any atom is 0.257 e. The van der Waals surface area contributed by atoms with Gasteiger partial charge in [0.2, 0.25) is 0 Å². The number of nitrogens with zero attached hydrogens (tertiary/aromatic N) is 2. The van der Waals surface area contributed by atoms with Crippen molar-refractivity contribution in [3.8, 4) is 0 Å². The molecule has 1 aliphatic heterocycles. The fourth-order valence-electron chi connectivity index (χ4n) is 3.59. The lowest BCUT2D eigenvalue weighted by atomic mass is 9.90. The number of rotatable bonds is 7. The average Bonchev–Trinajstić information content (AvgIpc) is 3.16. The molecular weight excluding hydrogens is 344 g/mol. The molecule has 1 heterocycles. The summed E-state index contributed by atoms with van der Waals surface area (Å²) in [6.45, 7) is 8.61. The molecule has 3 nitrogen and oxygen atoms in total. The third-order valence-corrected chi connectivity index (χ3v) is 5.13. The van der Waals surface area contributed by atoms with Gasteiger partial charge in [-0.05, 0) is 30.9 Å². The second-order valence-corrected chi connectivity index (χ2v) is 7.30. The zero-order valence-electron chi connectivity index (χ0n) is 16.6. The van der Waals surface area contributed by atoms with E-state index in [1.165, 1.54) is 5.57 Å². The largest absolute Gasteiger partial charge is 0.297 e. The molecule has 2 aromatic carbocycles. The van der Waals surface area contributed by atoms with E-state index in [1.807, 2.05) is 66.7 Å². The first-order valence-electron chi connectivity index (χ1n) is 9.88. The number of aliphatic imine (C=N–C) groups is 1. The predicted octanol–water partition coefficient (Wildman–Crippen LogP) is 5.01. The van der Waals surface area contributed by atoms with Crippen molar-refractivity contribution in [2.75, 3.05) is 19.6 Å². The average molecular weight is 373 g/mol. The van der Waals surface area contributed by atoms with Gasteiger partial charge in [-0.1, -0.05) is 85.0 Å². The zero-order valence-corrected chi connectivity index (χ0v) is 16.6. The van der Waals surface area contributed by atoms with Crippen LogP contribution in [0.5, 0.6) is 0 Å². The molecule has 0 atom stereocenters. The number of hydrogen-bond donors (Lipinski definition) is 0. The van der Waals surface area contributed by atoms with Gasteiger partial charge < -0.3 is 0 Å². The minimum absolute atomic E-state index is 0.0722. The Morgan fingerprint density at radius 2 is 1.71 bits per heavy atom. The fraction of sp³-hybridized carbons (Fsp3) is 0.280. The maximum atomic E-state index is 13.1. The molecule has 0 bridgehead atoms. The van der Waals surface area contributed by atoms with Gasteiger partial charge in [-0.25, -0.2) is 4.99 Å². The van der Waals surface area contributed by atoms with Crippen LogP contribution in [0.25, 0.3) is 0 Å². The van der Waals surface area contributed by atoms with Crippen LogP contribution in [0, 0.1) is 0 Å². The standard InChI is InChI=1S/C25H28N2O/c1-3-10-20(2)15-17-27-18-16-23(19-27)26-25(28)24(21-11-6-4-7-12-21)22-13-8-5-9-14-22/h3-14,24H,1,15-19H2,2H3/b20-10+,26-23?. The van der Waals surface area contributed by atoms with Crippen molar-refractivity contribution in [3.63, 3.8) is 0 Å².